The van der Waals surface area contributed by atoms with Gasteiger partial charge in [0.1, 0.15) is 0 Å². The molecule has 0 fully saturated rings. The van der Waals surface area contributed by atoms with E-state index in [4.69, 9.17) is 13.3 Å². The third-order valence-electron chi connectivity index (χ3n) is 2.41. The largest absolute Gasteiger partial charge is 0.500 e. The fourth-order valence-electron chi connectivity index (χ4n) is 1.70. The summed E-state index contributed by atoms with van der Waals surface area (Å²) in [6, 6.07) is 0.853. The summed E-state index contributed by atoms with van der Waals surface area (Å²) < 4.78 is 17.3. The smallest absolute Gasteiger partial charge is 0.374 e. The van der Waals surface area contributed by atoms with Gasteiger partial charge in [-0.3, -0.25) is 4.99 Å². The van der Waals surface area contributed by atoms with Gasteiger partial charge in [0, 0.05) is 32.4 Å². The fourth-order valence-corrected chi connectivity index (χ4v) is 4.29. The van der Waals surface area contributed by atoms with Crippen LogP contribution in [-0.2, 0) is 13.3 Å². The first-order chi connectivity index (χ1) is 10.5. The number of rotatable bonds is 12. The molecule has 0 spiro atoms. The second-order valence-electron chi connectivity index (χ2n) is 5.30. The minimum absolute atomic E-state index is 0.644. The van der Waals surface area contributed by atoms with Crippen LogP contribution in [0, 0.1) is 0 Å². The SMILES string of the molecule is CCCC=NCCC[Si](OCC)(OCC)OCC.CN(C)C. The van der Waals surface area contributed by atoms with Crippen LogP contribution in [0.4, 0.5) is 0 Å². The molecule has 0 aromatic heterocycles. The molecule has 0 aromatic rings. The van der Waals surface area contributed by atoms with E-state index in [0.29, 0.717) is 19.8 Å². The van der Waals surface area contributed by atoms with Crippen molar-refractivity contribution in [2.45, 2.75) is 53.0 Å². The molecule has 0 radical (unpaired) electrons. The number of aliphatic imine (C=N–C) groups is 1. The highest BCUT2D eigenvalue weighted by Gasteiger charge is 2.39. The number of unbranched alkanes of at least 4 members (excludes halogenated alkanes) is 1. The second kappa shape index (κ2) is 17.1. The number of nitrogens with zero attached hydrogens (tertiary/aromatic N) is 2. The van der Waals surface area contributed by atoms with Gasteiger partial charge in [-0.2, -0.15) is 0 Å². The Morgan fingerprint density at radius 3 is 1.73 bits per heavy atom. The summed E-state index contributed by atoms with van der Waals surface area (Å²) in [6.45, 7) is 10.9. The van der Waals surface area contributed by atoms with Crippen molar-refractivity contribution in [3.63, 3.8) is 0 Å². The molecular formula is C16H38N2O3Si. The zero-order valence-corrected chi connectivity index (χ0v) is 16.9. The molecule has 0 bridgehead atoms. The van der Waals surface area contributed by atoms with Gasteiger partial charge in [0.05, 0.1) is 0 Å². The molecule has 0 atom stereocenters. The Bertz CT molecular complexity index is 232. The quantitative estimate of drug-likeness (QED) is 0.311. The molecule has 0 aromatic carbocycles. The molecular weight excluding hydrogens is 296 g/mol. The Kier molecular flexibility index (Phi) is 18.6. The van der Waals surface area contributed by atoms with Crippen LogP contribution in [0.5, 0.6) is 0 Å². The minimum atomic E-state index is -2.44. The summed E-state index contributed by atoms with van der Waals surface area (Å²) in [7, 11) is 3.56. The normalized spacial score (nSPS) is 11.8. The Morgan fingerprint density at radius 1 is 0.909 bits per heavy atom. The van der Waals surface area contributed by atoms with Gasteiger partial charge >= 0.3 is 8.80 Å². The van der Waals surface area contributed by atoms with E-state index in [9.17, 15) is 0 Å². The Morgan fingerprint density at radius 2 is 1.36 bits per heavy atom. The number of hydrogen-bond acceptors (Lipinski definition) is 5. The molecule has 0 rings (SSSR count). The Balaban J connectivity index is 0. The van der Waals surface area contributed by atoms with Gasteiger partial charge in [0.2, 0.25) is 0 Å². The van der Waals surface area contributed by atoms with E-state index in [-0.39, 0.29) is 0 Å². The van der Waals surface area contributed by atoms with E-state index in [0.717, 1.165) is 31.9 Å². The lowest BCUT2D eigenvalue weighted by molar-refractivity contribution is 0.0710. The molecule has 0 unspecified atom stereocenters. The lowest BCUT2D eigenvalue weighted by Crippen LogP contribution is -2.46. The summed E-state index contributed by atoms with van der Waals surface area (Å²) in [4.78, 5) is 6.38. The van der Waals surface area contributed by atoms with Gasteiger partial charge in [0.15, 0.2) is 0 Å². The van der Waals surface area contributed by atoms with Gasteiger partial charge < -0.3 is 18.2 Å². The van der Waals surface area contributed by atoms with E-state index in [1.54, 1.807) is 0 Å². The molecule has 0 heterocycles. The third-order valence-corrected chi connectivity index (χ3v) is 5.56. The monoisotopic (exact) mass is 334 g/mol. The topological polar surface area (TPSA) is 43.3 Å². The van der Waals surface area contributed by atoms with E-state index < -0.39 is 8.80 Å². The highest BCUT2D eigenvalue weighted by molar-refractivity contribution is 6.60. The zero-order valence-electron chi connectivity index (χ0n) is 15.9. The molecule has 0 aliphatic heterocycles. The van der Waals surface area contributed by atoms with Crippen LogP contribution in [-0.4, -0.2) is 67.4 Å². The van der Waals surface area contributed by atoms with E-state index in [2.05, 4.69) is 11.9 Å². The van der Waals surface area contributed by atoms with Crippen LogP contribution in [0.3, 0.4) is 0 Å². The lowest BCUT2D eigenvalue weighted by atomic mass is 10.4. The first-order valence-electron chi connectivity index (χ1n) is 8.48. The van der Waals surface area contributed by atoms with Gasteiger partial charge in [-0.15, -0.1) is 0 Å². The van der Waals surface area contributed by atoms with Crippen LogP contribution >= 0.6 is 0 Å². The van der Waals surface area contributed by atoms with Crippen LogP contribution in [0.15, 0.2) is 4.99 Å². The van der Waals surface area contributed by atoms with Gasteiger partial charge in [-0.25, -0.2) is 0 Å². The maximum Gasteiger partial charge on any atom is 0.500 e. The number of hydrogen-bond donors (Lipinski definition) is 0. The van der Waals surface area contributed by atoms with Crippen LogP contribution in [0.2, 0.25) is 6.04 Å². The van der Waals surface area contributed by atoms with Crippen molar-refractivity contribution in [1.29, 1.82) is 0 Å². The first kappa shape index (κ1) is 24.0. The predicted molar refractivity (Wildman–Crippen MR) is 97.9 cm³/mol. The summed E-state index contributed by atoms with van der Waals surface area (Å²) in [5.41, 5.74) is 0. The highest BCUT2D eigenvalue weighted by Crippen LogP contribution is 2.18. The summed E-state index contributed by atoms with van der Waals surface area (Å²) in [5, 5.41) is 0. The van der Waals surface area contributed by atoms with E-state index in [1.165, 1.54) is 0 Å². The average molecular weight is 335 g/mol. The van der Waals surface area contributed by atoms with Crippen molar-refractivity contribution in [3.8, 4) is 0 Å². The molecule has 0 saturated heterocycles. The molecule has 6 heteroatoms. The van der Waals surface area contributed by atoms with Crippen LogP contribution in [0.1, 0.15) is 47.0 Å². The molecule has 0 aliphatic rings. The molecule has 0 amide bonds. The molecule has 22 heavy (non-hydrogen) atoms. The van der Waals surface area contributed by atoms with Crippen molar-refractivity contribution in [3.05, 3.63) is 0 Å². The van der Waals surface area contributed by atoms with Crippen molar-refractivity contribution in [2.24, 2.45) is 4.99 Å². The third kappa shape index (κ3) is 16.1. The highest BCUT2D eigenvalue weighted by atomic mass is 28.4. The van der Waals surface area contributed by atoms with E-state index >= 15 is 0 Å². The average Bonchev–Trinajstić information content (AvgIpc) is 2.43. The molecule has 0 saturated carbocycles. The predicted octanol–water partition coefficient (Wildman–Crippen LogP) is 3.47. The van der Waals surface area contributed by atoms with E-state index in [1.807, 2.05) is 53.0 Å². The van der Waals surface area contributed by atoms with Gasteiger partial charge in [0.25, 0.3) is 0 Å². The van der Waals surface area contributed by atoms with Crippen LogP contribution < -0.4 is 0 Å². The Hall–Kier alpha value is -0.273. The second-order valence-corrected chi connectivity index (χ2v) is 8.04. The maximum atomic E-state index is 5.78. The fraction of sp³-hybridized carbons (Fsp3) is 0.938. The molecule has 0 aliphatic carbocycles. The lowest BCUT2D eigenvalue weighted by Gasteiger charge is -2.28. The van der Waals surface area contributed by atoms with Crippen molar-refractivity contribution in [2.75, 3.05) is 47.5 Å². The summed E-state index contributed by atoms with van der Waals surface area (Å²) in [6.07, 6.45) is 5.18. The van der Waals surface area contributed by atoms with Crippen molar-refractivity contribution >= 4 is 15.0 Å². The molecule has 134 valence electrons. The summed E-state index contributed by atoms with van der Waals surface area (Å²) >= 11 is 0. The molecule has 5 nitrogen and oxygen atoms in total. The standard InChI is InChI=1S/C13H29NO3Si.C3H9N/c1-5-9-11-14-12-10-13-18(15-6-2,16-7-3)17-8-4;1-4(2)3/h11H,5-10,12-13H2,1-4H3;1-3H3. The maximum absolute atomic E-state index is 5.78. The first-order valence-corrected chi connectivity index (χ1v) is 10.4. The Labute approximate surface area is 139 Å². The van der Waals surface area contributed by atoms with Crippen molar-refractivity contribution in [1.82, 2.24) is 4.90 Å². The zero-order chi connectivity index (χ0) is 17.3. The van der Waals surface area contributed by atoms with Crippen molar-refractivity contribution < 1.29 is 13.3 Å². The van der Waals surface area contributed by atoms with Crippen LogP contribution in [0.25, 0.3) is 0 Å². The van der Waals surface area contributed by atoms with Gasteiger partial charge in [-0.1, -0.05) is 13.3 Å². The summed E-state index contributed by atoms with van der Waals surface area (Å²) in [5.74, 6) is 0. The minimum Gasteiger partial charge on any atom is -0.374 e. The van der Waals surface area contributed by atoms with Gasteiger partial charge in [-0.05, 0) is 61.0 Å². The molecule has 0 N–H and O–H groups in total.